The summed E-state index contributed by atoms with van der Waals surface area (Å²) in [5, 5.41) is 28.5. The fourth-order valence-corrected chi connectivity index (χ4v) is 3.82. The van der Waals surface area contributed by atoms with Gasteiger partial charge in [-0.3, -0.25) is 9.36 Å². The Hall–Kier alpha value is -3.50. The summed E-state index contributed by atoms with van der Waals surface area (Å²) >= 11 is 0. The molecule has 172 valence electrons. The van der Waals surface area contributed by atoms with Crippen LogP contribution in [0.5, 0.6) is 0 Å². The van der Waals surface area contributed by atoms with Gasteiger partial charge in [0.1, 0.15) is 0 Å². The first-order valence-corrected chi connectivity index (χ1v) is 10.3. The minimum absolute atomic E-state index is 0.104. The van der Waals surface area contributed by atoms with Gasteiger partial charge in [0.2, 0.25) is 0 Å². The first-order chi connectivity index (χ1) is 15.3. The molecule has 32 heavy (non-hydrogen) atoms. The van der Waals surface area contributed by atoms with E-state index in [1.807, 2.05) is 73.1 Å². The zero-order valence-corrected chi connectivity index (χ0v) is 19.0. The summed E-state index contributed by atoms with van der Waals surface area (Å²) in [7, 11) is 7.60. The lowest BCUT2D eigenvalue weighted by atomic mass is 10.1. The zero-order chi connectivity index (χ0) is 23.4. The van der Waals surface area contributed by atoms with Crippen LogP contribution in [0, 0.1) is 0 Å². The molecule has 10 heteroatoms. The lowest BCUT2D eigenvalue weighted by molar-refractivity contribution is 0.304. The van der Waals surface area contributed by atoms with Gasteiger partial charge in [-0.15, -0.1) is 0 Å². The fourth-order valence-electron chi connectivity index (χ4n) is 3.82. The molecular weight excluding hydrogens is 408 g/mol. The molecule has 2 aromatic heterocycles. The molecule has 0 spiro atoms. The van der Waals surface area contributed by atoms with Gasteiger partial charge in [-0.05, 0) is 24.3 Å². The molecular formula is C22H32N8O2. The van der Waals surface area contributed by atoms with Crippen molar-refractivity contribution in [3.05, 3.63) is 36.7 Å². The van der Waals surface area contributed by atoms with Crippen molar-refractivity contribution in [2.45, 2.75) is 0 Å². The molecule has 4 aromatic rings. The quantitative estimate of drug-likeness (QED) is 0.328. The van der Waals surface area contributed by atoms with Crippen LogP contribution < -0.4 is 21.3 Å². The highest BCUT2D eigenvalue weighted by atomic mass is 16.3. The van der Waals surface area contributed by atoms with E-state index in [4.69, 9.17) is 21.7 Å². The van der Waals surface area contributed by atoms with Crippen molar-refractivity contribution in [3.63, 3.8) is 0 Å². The van der Waals surface area contributed by atoms with Crippen molar-refractivity contribution in [1.82, 2.24) is 19.6 Å². The van der Waals surface area contributed by atoms with E-state index < -0.39 is 0 Å². The molecule has 0 radical (unpaired) electrons. The maximum absolute atomic E-state index is 8.96. The first kappa shape index (κ1) is 23.2. The number of nitrogens with zero attached hydrogens (tertiary/aromatic N) is 6. The van der Waals surface area contributed by atoms with Crippen LogP contribution in [0.1, 0.15) is 0 Å². The number of benzene rings is 2. The molecule has 0 unspecified atom stereocenters. The number of nitrogens with two attached hydrogens (primary N) is 2. The predicted molar refractivity (Wildman–Crippen MR) is 131 cm³/mol. The maximum Gasteiger partial charge on any atom is 0.0945 e. The minimum Gasteiger partial charge on any atom is -0.397 e. The van der Waals surface area contributed by atoms with Crippen LogP contribution in [-0.2, 0) is 14.1 Å². The van der Waals surface area contributed by atoms with E-state index in [1.54, 1.807) is 10.9 Å². The smallest absolute Gasteiger partial charge is 0.0945 e. The monoisotopic (exact) mass is 440 g/mol. The van der Waals surface area contributed by atoms with Gasteiger partial charge in [0, 0.05) is 58.2 Å². The van der Waals surface area contributed by atoms with Crippen LogP contribution >= 0.6 is 0 Å². The first-order valence-electron chi connectivity index (χ1n) is 10.3. The van der Waals surface area contributed by atoms with Crippen molar-refractivity contribution in [3.8, 4) is 0 Å². The standard InChI is InChI=1S/2C11H16N4O/c1-14(5-6-16)11-8-7-15(2)13-10(8)4-3-9(11)12;1-14(5-6-16)11-8-7-13-15(2)10(8)4-3-9(11)12/h2*3-4,7,16H,5-6,12H2,1-2H3. The zero-order valence-electron chi connectivity index (χ0n) is 19.0. The topological polar surface area (TPSA) is 135 Å². The third kappa shape index (κ3) is 4.56. The average Bonchev–Trinajstić information content (AvgIpc) is 3.30. The van der Waals surface area contributed by atoms with Crippen molar-refractivity contribution < 1.29 is 10.2 Å². The van der Waals surface area contributed by atoms with Gasteiger partial charge in [-0.2, -0.15) is 10.2 Å². The molecule has 2 aromatic carbocycles. The molecule has 0 aliphatic heterocycles. The molecule has 0 bridgehead atoms. The molecule has 0 aliphatic rings. The van der Waals surface area contributed by atoms with E-state index >= 15 is 0 Å². The number of aliphatic hydroxyl groups excluding tert-OH is 2. The Morgan fingerprint density at radius 1 is 0.875 bits per heavy atom. The van der Waals surface area contributed by atoms with E-state index in [9.17, 15) is 0 Å². The highest BCUT2D eigenvalue weighted by molar-refractivity contribution is 5.98. The number of fused-ring (bicyclic) bond motifs is 2. The Balaban J connectivity index is 0.000000181. The Kier molecular flexibility index (Phi) is 7.06. The number of aliphatic hydroxyl groups is 2. The van der Waals surface area contributed by atoms with Gasteiger partial charge in [0.25, 0.3) is 0 Å². The summed E-state index contributed by atoms with van der Waals surface area (Å²) in [6, 6.07) is 7.57. The van der Waals surface area contributed by atoms with Crippen LogP contribution in [0.2, 0.25) is 0 Å². The average molecular weight is 441 g/mol. The Bertz CT molecular complexity index is 1170. The van der Waals surface area contributed by atoms with E-state index in [1.165, 1.54) is 0 Å². The summed E-state index contributed by atoms with van der Waals surface area (Å²) < 4.78 is 3.57. The van der Waals surface area contributed by atoms with Crippen LogP contribution in [0.15, 0.2) is 36.7 Å². The van der Waals surface area contributed by atoms with Crippen molar-refractivity contribution >= 4 is 44.6 Å². The van der Waals surface area contributed by atoms with Crippen molar-refractivity contribution in [2.75, 3.05) is 61.7 Å². The van der Waals surface area contributed by atoms with Gasteiger partial charge in [0.15, 0.2) is 0 Å². The molecule has 0 saturated heterocycles. The minimum atomic E-state index is 0.104. The summed E-state index contributed by atoms with van der Waals surface area (Å²) in [6.45, 7) is 1.32. The number of hydrogen-bond donors (Lipinski definition) is 4. The van der Waals surface area contributed by atoms with E-state index in [0.29, 0.717) is 24.5 Å². The summed E-state index contributed by atoms with van der Waals surface area (Å²) in [6.07, 6.45) is 3.74. The van der Waals surface area contributed by atoms with Gasteiger partial charge < -0.3 is 31.5 Å². The van der Waals surface area contributed by atoms with E-state index in [-0.39, 0.29) is 13.2 Å². The highest BCUT2D eigenvalue weighted by Gasteiger charge is 2.13. The molecule has 0 saturated carbocycles. The maximum atomic E-state index is 8.96. The number of likely N-dealkylation sites (N-methyl/N-ethyl adjacent to an activating group) is 2. The SMILES string of the molecule is CN(CCO)c1c(N)ccc2c1cnn2C.CN(CCO)c1c(N)ccc2nn(C)cc12. The second-order valence-corrected chi connectivity index (χ2v) is 7.73. The summed E-state index contributed by atoms with van der Waals surface area (Å²) in [5.74, 6) is 0. The fraction of sp³-hybridized carbons (Fsp3) is 0.364. The molecule has 10 nitrogen and oxygen atoms in total. The van der Waals surface area contributed by atoms with Crippen LogP contribution in [0.25, 0.3) is 21.8 Å². The second kappa shape index (κ2) is 9.75. The van der Waals surface area contributed by atoms with Gasteiger partial charge in [-0.25, -0.2) is 0 Å². The van der Waals surface area contributed by atoms with Gasteiger partial charge >= 0.3 is 0 Å². The van der Waals surface area contributed by atoms with Crippen molar-refractivity contribution in [2.24, 2.45) is 14.1 Å². The lowest BCUT2D eigenvalue weighted by Gasteiger charge is -2.20. The lowest BCUT2D eigenvalue weighted by Crippen LogP contribution is -2.22. The largest absolute Gasteiger partial charge is 0.397 e. The highest BCUT2D eigenvalue weighted by Crippen LogP contribution is 2.32. The molecule has 6 N–H and O–H groups in total. The molecule has 0 fully saturated rings. The Labute approximate surface area is 187 Å². The van der Waals surface area contributed by atoms with Crippen molar-refractivity contribution in [1.29, 1.82) is 0 Å². The number of hydrogen-bond acceptors (Lipinski definition) is 8. The number of rotatable bonds is 6. The third-order valence-electron chi connectivity index (χ3n) is 5.37. The molecule has 2 heterocycles. The predicted octanol–water partition coefficient (Wildman–Crippen LogP) is 1.17. The van der Waals surface area contributed by atoms with Crippen LogP contribution in [-0.4, -0.2) is 70.2 Å². The normalized spacial score (nSPS) is 10.9. The van der Waals surface area contributed by atoms with Crippen LogP contribution in [0.3, 0.4) is 0 Å². The second-order valence-electron chi connectivity index (χ2n) is 7.73. The third-order valence-corrected chi connectivity index (χ3v) is 5.37. The molecule has 4 rings (SSSR count). The Morgan fingerprint density at radius 3 is 2.03 bits per heavy atom. The molecule has 0 atom stereocenters. The van der Waals surface area contributed by atoms with Gasteiger partial charge in [0.05, 0.1) is 53.2 Å². The summed E-state index contributed by atoms with van der Waals surface area (Å²) in [5.41, 5.74) is 17.2. The summed E-state index contributed by atoms with van der Waals surface area (Å²) in [4.78, 5) is 3.89. The number of aryl methyl sites for hydroxylation is 2. The number of anilines is 4. The molecule has 0 amide bonds. The Morgan fingerprint density at radius 2 is 1.44 bits per heavy atom. The van der Waals surface area contributed by atoms with Crippen LogP contribution in [0.4, 0.5) is 22.7 Å². The number of aromatic nitrogens is 4. The van der Waals surface area contributed by atoms with E-state index in [0.717, 1.165) is 33.2 Å². The van der Waals surface area contributed by atoms with E-state index in [2.05, 4.69) is 10.2 Å². The van der Waals surface area contributed by atoms with Gasteiger partial charge in [-0.1, -0.05) is 0 Å². The molecule has 0 aliphatic carbocycles. The number of nitrogen functional groups attached to an aromatic ring is 2.